The maximum atomic E-state index is 6.27. The van der Waals surface area contributed by atoms with Crippen molar-refractivity contribution in [3.05, 3.63) is 0 Å². The summed E-state index contributed by atoms with van der Waals surface area (Å²) in [5.41, 5.74) is 0.357. The second-order valence-corrected chi connectivity index (χ2v) is 17.6. The number of likely N-dealkylation sites (tertiary alicyclic amines) is 2. The fourth-order valence-corrected chi connectivity index (χ4v) is 9.28. The summed E-state index contributed by atoms with van der Waals surface area (Å²) < 4.78 is 12.5. The molecule has 4 heteroatoms. The number of ether oxygens (including phenoxy) is 2. The van der Waals surface area contributed by atoms with Crippen LogP contribution in [-0.4, -0.2) is 73.5 Å². The Labute approximate surface area is 302 Å². The lowest BCUT2D eigenvalue weighted by molar-refractivity contribution is -0.148. The molecule has 286 valence electrons. The lowest BCUT2D eigenvalue weighted by Crippen LogP contribution is -2.74. The number of nitrogens with zero attached hydrogens (tertiary/aromatic N) is 2. The summed E-state index contributed by atoms with van der Waals surface area (Å²) in [6.07, 6.45) is 28.0. The number of unbranched alkanes of at least 4 members (excludes halogenated alkanes) is 13. The first kappa shape index (κ1) is 44.0. The minimum atomic E-state index is 0.0790. The van der Waals surface area contributed by atoms with Gasteiger partial charge in [0, 0.05) is 37.5 Å². The van der Waals surface area contributed by atoms with E-state index in [4.69, 9.17) is 9.47 Å². The zero-order valence-corrected chi connectivity index (χ0v) is 34.4. The Morgan fingerprint density at radius 2 is 0.896 bits per heavy atom. The molecule has 48 heavy (non-hydrogen) atoms. The third-order valence-corrected chi connectivity index (χ3v) is 13.8. The first-order chi connectivity index (χ1) is 23.1. The number of hydrogen-bond donors (Lipinski definition) is 0. The molecule has 0 radical (unpaired) electrons. The van der Waals surface area contributed by atoms with E-state index in [-0.39, 0.29) is 16.5 Å². The largest absolute Gasteiger partial charge is 0.381 e. The van der Waals surface area contributed by atoms with Gasteiger partial charge in [-0.05, 0) is 109 Å². The van der Waals surface area contributed by atoms with Crippen LogP contribution in [0.3, 0.4) is 0 Å². The molecule has 2 saturated heterocycles. The topological polar surface area (TPSA) is 24.9 Å². The van der Waals surface area contributed by atoms with Crippen LogP contribution in [0.15, 0.2) is 0 Å². The molecule has 2 aliphatic rings. The van der Waals surface area contributed by atoms with Crippen LogP contribution in [0.25, 0.3) is 0 Å². The van der Waals surface area contributed by atoms with Gasteiger partial charge in [-0.25, -0.2) is 0 Å². The predicted molar refractivity (Wildman–Crippen MR) is 211 cm³/mol. The van der Waals surface area contributed by atoms with Crippen molar-refractivity contribution in [2.24, 2.45) is 23.2 Å². The third kappa shape index (κ3) is 13.8. The van der Waals surface area contributed by atoms with Crippen LogP contribution >= 0.6 is 0 Å². The van der Waals surface area contributed by atoms with Crippen LogP contribution in [0.2, 0.25) is 0 Å². The van der Waals surface area contributed by atoms with Crippen LogP contribution < -0.4 is 0 Å². The summed E-state index contributed by atoms with van der Waals surface area (Å²) in [7, 11) is 0. The van der Waals surface area contributed by atoms with Crippen molar-refractivity contribution in [2.45, 2.75) is 208 Å². The Hall–Kier alpha value is -0.160. The molecular weight excluding hydrogens is 588 g/mol. The highest BCUT2D eigenvalue weighted by Crippen LogP contribution is 2.53. The first-order valence-corrected chi connectivity index (χ1v) is 21.7. The fraction of sp³-hybridized carbons (Fsp3) is 1.00. The van der Waals surface area contributed by atoms with Gasteiger partial charge in [0.05, 0.1) is 0 Å². The van der Waals surface area contributed by atoms with Gasteiger partial charge in [0.15, 0.2) is 0 Å². The van der Waals surface area contributed by atoms with Crippen LogP contribution in [0, 0.1) is 23.2 Å². The van der Waals surface area contributed by atoms with Crippen LogP contribution in [-0.2, 0) is 9.47 Å². The molecule has 0 aromatic heterocycles. The van der Waals surface area contributed by atoms with Gasteiger partial charge in [-0.1, -0.05) is 138 Å². The molecule has 0 bridgehead atoms. The standard InChI is InChI=1S/C44H88N2O2/c1-10-13-16-19-21-24-35-47-37-40-27-31-45(32-28-40)43(7,8)44(9,42(5,6)39(4)26-23-18-15-12-3)46-33-29-41(30-34-46)38-48-36-25-22-20-17-14-11-2/h39-41H,10-38H2,1-9H3. The van der Waals surface area contributed by atoms with Crippen molar-refractivity contribution in [3.8, 4) is 0 Å². The highest BCUT2D eigenvalue weighted by atomic mass is 16.5. The molecule has 0 saturated carbocycles. The van der Waals surface area contributed by atoms with E-state index < -0.39 is 0 Å². The average Bonchev–Trinajstić information content (AvgIpc) is 3.08. The highest BCUT2D eigenvalue weighted by molar-refractivity contribution is 5.15. The number of rotatable bonds is 28. The Morgan fingerprint density at radius 3 is 1.33 bits per heavy atom. The molecule has 2 rings (SSSR count). The minimum absolute atomic E-state index is 0.0790. The van der Waals surface area contributed by atoms with E-state index in [1.54, 1.807) is 0 Å². The highest BCUT2D eigenvalue weighted by Gasteiger charge is 2.59. The van der Waals surface area contributed by atoms with Gasteiger partial charge in [-0.15, -0.1) is 0 Å². The van der Waals surface area contributed by atoms with Crippen LogP contribution in [0.5, 0.6) is 0 Å². The molecule has 0 aliphatic carbocycles. The molecule has 2 heterocycles. The summed E-state index contributed by atoms with van der Waals surface area (Å²) in [4.78, 5) is 5.87. The zero-order chi connectivity index (χ0) is 35.3. The van der Waals surface area contributed by atoms with Crippen molar-refractivity contribution in [1.82, 2.24) is 9.80 Å². The SMILES string of the molecule is CCCCCCCCOCC1CCN(C(C)(C)C(C)(N2CCC(COCCCCCCCC)CC2)C(C)(C)C(C)CCCCCC)CC1. The summed E-state index contributed by atoms with van der Waals surface area (Å²) in [6, 6.07) is 0. The minimum Gasteiger partial charge on any atom is -0.381 e. The summed E-state index contributed by atoms with van der Waals surface area (Å²) in [5.74, 6) is 2.13. The Kier molecular flexibility index (Phi) is 22.1. The van der Waals surface area contributed by atoms with Crippen LogP contribution in [0.1, 0.15) is 197 Å². The van der Waals surface area contributed by atoms with Gasteiger partial charge in [0.25, 0.3) is 0 Å². The number of piperidine rings is 2. The van der Waals surface area contributed by atoms with E-state index in [9.17, 15) is 0 Å². The van der Waals surface area contributed by atoms with Gasteiger partial charge in [-0.2, -0.15) is 0 Å². The van der Waals surface area contributed by atoms with Crippen molar-refractivity contribution in [1.29, 1.82) is 0 Å². The molecule has 4 nitrogen and oxygen atoms in total. The van der Waals surface area contributed by atoms with Crippen molar-refractivity contribution < 1.29 is 9.47 Å². The van der Waals surface area contributed by atoms with Crippen molar-refractivity contribution in [2.75, 3.05) is 52.6 Å². The van der Waals surface area contributed by atoms with E-state index in [1.165, 1.54) is 161 Å². The van der Waals surface area contributed by atoms with Crippen LogP contribution in [0.4, 0.5) is 0 Å². The molecule has 0 spiro atoms. The Balaban J connectivity index is 2.00. The summed E-state index contributed by atoms with van der Waals surface area (Å²) in [5, 5.41) is 0. The second-order valence-electron chi connectivity index (χ2n) is 17.6. The number of hydrogen-bond acceptors (Lipinski definition) is 4. The molecular formula is C44H88N2O2. The molecule has 2 atom stereocenters. The Morgan fingerprint density at radius 1 is 0.521 bits per heavy atom. The van der Waals surface area contributed by atoms with E-state index in [0.29, 0.717) is 5.92 Å². The van der Waals surface area contributed by atoms with Gasteiger partial charge in [0.2, 0.25) is 0 Å². The Bertz CT molecular complexity index is 768. The second kappa shape index (κ2) is 24.2. The lowest BCUT2D eigenvalue weighted by Gasteiger charge is -2.65. The summed E-state index contributed by atoms with van der Waals surface area (Å²) in [6.45, 7) is 31.4. The molecule has 0 aromatic carbocycles. The van der Waals surface area contributed by atoms with E-state index in [1.807, 2.05) is 0 Å². The predicted octanol–water partition coefficient (Wildman–Crippen LogP) is 12.3. The van der Waals surface area contributed by atoms with Gasteiger partial charge in [-0.3, -0.25) is 9.80 Å². The van der Waals surface area contributed by atoms with Crippen molar-refractivity contribution >= 4 is 0 Å². The average molecular weight is 677 g/mol. The molecule has 2 fully saturated rings. The zero-order valence-electron chi connectivity index (χ0n) is 34.4. The molecule has 2 unspecified atom stereocenters. The molecule has 2 aliphatic heterocycles. The third-order valence-electron chi connectivity index (χ3n) is 13.8. The van der Waals surface area contributed by atoms with Crippen molar-refractivity contribution in [3.63, 3.8) is 0 Å². The molecule has 0 N–H and O–H groups in total. The monoisotopic (exact) mass is 677 g/mol. The van der Waals surface area contributed by atoms with E-state index >= 15 is 0 Å². The van der Waals surface area contributed by atoms with E-state index in [2.05, 4.69) is 72.1 Å². The maximum absolute atomic E-state index is 6.27. The molecule has 0 aromatic rings. The first-order valence-electron chi connectivity index (χ1n) is 21.7. The van der Waals surface area contributed by atoms with Gasteiger partial charge < -0.3 is 9.47 Å². The smallest absolute Gasteiger partial charge is 0.0495 e. The van der Waals surface area contributed by atoms with Gasteiger partial charge >= 0.3 is 0 Å². The fourth-order valence-electron chi connectivity index (χ4n) is 9.28. The van der Waals surface area contributed by atoms with Gasteiger partial charge in [0.1, 0.15) is 0 Å². The lowest BCUT2D eigenvalue weighted by atomic mass is 9.55. The summed E-state index contributed by atoms with van der Waals surface area (Å²) >= 11 is 0. The molecule has 0 amide bonds. The normalized spacial score (nSPS) is 19.9. The maximum Gasteiger partial charge on any atom is 0.0495 e. The van der Waals surface area contributed by atoms with E-state index in [0.717, 1.165) is 38.3 Å². The quantitative estimate of drug-likeness (QED) is 0.0770.